The molecule has 128 valence electrons. The lowest BCUT2D eigenvalue weighted by Crippen LogP contribution is -2.42. The summed E-state index contributed by atoms with van der Waals surface area (Å²) >= 11 is 0. The van der Waals surface area contributed by atoms with Gasteiger partial charge in [0.25, 0.3) is 5.91 Å². The number of benzene rings is 1. The van der Waals surface area contributed by atoms with Crippen molar-refractivity contribution in [3.8, 4) is 11.5 Å². The van der Waals surface area contributed by atoms with Crippen LogP contribution in [-0.2, 0) is 4.79 Å². The summed E-state index contributed by atoms with van der Waals surface area (Å²) < 4.78 is 10.4. The normalized spacial score (nSPS) is 11.5. The predicted octanol–water partition coefficient (Wildman–Crippen LogP) is 2.08. The first-order valence-electron chi connectivity index (χ1n) is 7.72. The lowest BCUT2D eigenvalue weighted by Gasteiger charge is -2.27. The molecule has 23 heavy (non-hydrogen) atoms. The number of nitrogens with one attached hydrogen (secondary N) is 1. The van der Waals surface area contributed by atoms with Crippen LogP contribution in [0.4, 0.5) is 0 Å². The average molecular weight is 322 g/mol. The molecule has 1 aromatic carbocycles. The van der Waals surface area contributed by atoms with Gasteiger partial charge in [0.05, 0.1) is 14.2 Å². The van der Waals surface area contributed by atoms with E-state index in [1.165, 1.54) is 21.1 Å². The minimum atomic E-state index is -0.285. The molecule has 1 atom stereocenters. The fraction of sp³-hybridized carbons (Fsp3) is 0.529. The van der Waals surface area contributed by atoms with Gasteiger partial charge in [0.1, 0.15) is 17.1 Å². The third kappa shape index (κ3) is 4.87. The van der Waals surface area contributed by atoms with Crippen molar-refractivity contribution >= 4 is 11.8 Å². The van der Waals surface area contributed by atoms with E-state index in [-0.39, 0.29) is 17.9 Å². The van der Waals surface area contributed by atoms with Crippen LogP contribution in [0.3, 0.4) is 0 Å². The molecule has 0 heterocycles. The molecule has 0 bridgehead atoms. The summed E-state index contributed by atoms with van der Waals surface area (Å²) in [4.78, 5) is 25.8. The number of amides is 2. The number of methoxy groups -OCH3 is 2. The minimum absolute atomic E-state index is 0.00321. The van der Waals surface area contributed by atoms with Crippen molar-refractivity contribution in [1.82, 2.24) is 10.2 Å². The lowest BCUT2D eigenvalue weighted by molar-refractivity contribution is -0.130. The highest BCUT2D eigenvalue weighted by Crippen LogP contribution is 2.27. The molecule has 0 aliphatic carbocycles. The maximum absolute atomic E-state index is 12.4. The summed E-state index contributed by atoms with van der Waals surface area (Å²) in [6.45, 7) is 6.39. The minimum Gasteiger partial charge on any atom is -0.496 e. The number of carbonyl (C=O) groups excluding carboxylic acids is 2. The van der Waals surface area contributed by atoms with Gasteiger partial charge in [0.2, 0.25) is 5.91 Å². The summed E-state index contributed by atoms with van der Waals surface area (Å²) in [7, 11) is 3.01. The SMILES string of the molecule is CCC(C)N(CCNC(=O)c1c(OC)cccc1OC)C(C)=O. The van der Waals surface area contributed by atoms with Gasteiger partial charge in [-0.1, -0.05) is 13.0 Å². The molecule has 1 unspecified atom stereocenters. The second-order valence-electron chi connectivity index (χ2n) is 5.26. The molecular formula is C17H26N2O4. The van der Waals surface area contributed by atoms with Gasteiger partial charge in [-0.15, -0.1) is 0 Å². The third-order valence-electron chi connectivity index (χ3n) is 3.82. The van der Waals surface area contributed by atoms with Crippen LogP contribution < -0.4 is 14.8 Å². The van der Waals surface area contributed by atoms with E-state index >= 15 is 0 Å². The zero-order valence-electron chi connectivity index (χ0n) is 14.5. The van der Waals surface area contributed by atoms with E-state index in [0.717, 1.165) is 6.42 Å². The van der Waals surface area contributed by atoms with Crippen molar-refractivity contribution in [2.45, 2.75) is 33.2 Å². The Kier molecular flexibility index (Phi) is 7.38. The fourth-order valence-corrected chi connectivity index (χ4v) is 2.36. The summed E-state index contributed by atoms with van der Waals surface area (Å²) in [5.74, 6) is 0.620. The first-order chi connectivity index (χ1) is 11.0. The van der Waals surface area contributed by atoms with Crippen molar-refractivity contribution in [2.24, 2.45) is 0 Å². The number of hydrogen-bond acceptors (Lipinski definition) is 4. The molecular weight excluding hydrogens is 296 g/mol. The molecule has 0 saturated carbocycles. The Balaban J connectivity index is 2.76. The van der Waals surface area contributed by atoms with Crippen LogP contribution >= 0.6 is 0 Å². The van der Waals surface area contributed by atoms with E-state index in [1.807, 2.05) is 13.8 Å². The number of carbonyl (C=O) groups is 2. The molecule has 0 aliphatic rings. The molecule has 1 N–H and O–H groups in total. The van der Waals surface area contributed by atoms with Gasteiger partial charge in [-0.2, -0.15) is 0 Å². The first kappa shape index (κ1) is 18.8. The smallest absolute Gasteiger partial charge is 0.258 e. The van der Waals surface area contributed by atoms with Gasteiger partial charge < -0.3 is 19.7 Å². The van der Waals surface area contributed by atoms with Gasteiger partial charge in [0.15, 0.2) is 0 Å². The average Bonchev–Trinajstić information content (AvgIpc) is 2.56. The second kappa shape index (κ2) is 9.02. The monoisotopic (exact) mass is 322 g/mol. The molecule has 1 aromatic rings. The molecule has 6 nitrogen and oxygen atoms in total. The highest BCUT2D eigenvalue weighted by atomic mass is 16.5. The van der Waals surface area contributed by atoms with Gasteiger partial charge in [-0.3, -0.25) is 9.59 Å². The van der Waals surface area contributed by atoms with Gasteiger partial charge in [-0.25, -0.2) is 0 Å². The van der Waals surface area contributed by atoms with E-state index < -0.39 is 0 Å². The Morgan fingerprint density at radius 1 is 1.22 bits per heavy atom. The van der Waals surface area contributed by atoms with E-state index in [1.54, 1.807) is 23.1 Å². The topological polar surface area (TPSA) is 67.9 Å². The molecule has 0 aromatic heterocycles. The van der Waals surface area contributed by atoms with E-state index in [0.29, 0.717) is 30.2 Å². The highest BCUT2D eigenvalue weighted by Gasteiger charge is 2.19. The zero-order chi connectivity index (χ0) is 17.4. The Bertz CT molecular complexity index is 523. The van der Waals surface area contributed by atoms with Gasteiger partial charge in [-0.05, 0) is 25.5 Å². The first-order valence-corrected chi connectivity index (χ1v) is 7.72. The van der Waals surface area contributed by atoms with E-state index in [2.05, 4.69) is 5.32 Å². The molecule has 2 amide bonds. The number of hydrogen-bond donors (Lipinski definition) is 1. The maximum atomic E-state index is 12.4. The molecule has 0 spiro atoms. The summed E-state index contributed by atoms with van der Waals surface area (Å²) in [5.41, 5.74) is 0.357. The van der Waals surface area contributed by atoms with Crippen LogP contribution in [0, 0.1) is 0 Å². The van der Waals surface area contributed by atoms with Crippen LogP contribution in [0.15, 0.2) is 18.2 Å². The largest absolute Gasteiger partial charge is 0.496 e. The zero-order valence-corrected chi connectivity index (χ0v) is 14.5. The van der Waals surface area contributed by atoms with Gasteiger partial charge >= 0.3 is 0 Å². The van der Waals surface area contributed by atoms with Gasteiger partial charge in [0, 0.05) is 26.1 Å². The Morgan fingerprint density at radius 2 is 1.78 bits per heavy atom. The molecule has 0 aliphatic heterocycles. The summed E-state index contributed by atoms with van der Waals surface area (Å²) in [6.07, 6.45) is 0.869. The quantitative estimate of drug-likeness (QED) is 0.796. The lowest BCUT2D eigenvalue weighted by atomic mass is 10.1. The van der Waals surface area contributed by atoms with Crippen LogP contribution in [0.5, 0.6) is 11.5 Å². The maximum Gasteiger partial charge on any atom is 0.258 e. The molecule has 1 rings (SSSR count). The van der Waals surface area contributed by atoms with Crippen LogP contribution in [0.25, 0.3) is 0 Å². The van der Waals surface area contributed by atoms with Crippen molar-refractivity contribution in [3.63, 3.8) is 0 Å². The van der Waals surface area contributed by atoms with E-state index in [4.69, 9.17) is 9.47 Å². The number of nitrogens with zero attached hydrogens (tertiary/aromatic N) is 1. The molecule has 0 saturated heterocycles. The van der Waals surface area contributed by atoms with Crippen LogP contribution in [0.1, 0.15) is 37.6 Å². The van der Waals surface area contributed by atoms with Crippen molar-refractivity contribution < 1.29 is 19.1 Å². The molecule has 0 fully saturated rings. The molecule has 0 radical (unpaired) electrons. The second-order valence-corrected chi connectivity index (χ2v) is 5.26. The third-order valence-corrected chi connectivity index (χ3v) is 3.82. The van der Waals surface area contributed by atoms with Crippen LogP contribution in [-0.4, -0.2) is 50.1 Å². The van der Waals surface area contributed by atoms with Crippen molar-refractivity contribution in [1.29, 1.82) is 0 Å². The predicted molar refractivity (Wildman–Crippen MR) is 89.0 cm³/mol. The Morgan fingerprint density at radius 3 is 2.22 bits per heavy atom. The van der Waals surface area contributed by atoms with Crippen molar-refractivity contribution in [2.75, 3.05) is 27.3 Å². The van der Waals surface area contributed by atoms with Crippen molar-refractivity contribution in [3.05, 3.63) is 23.8 Å². The Labute approximate surface area is 137 Å². The summed E-state index contributed by atoms with van der Waals surface area (Å²) in [5, 5.41) is 2.82. The fourth-order valence-electron chi connectivity index (χ4n) is 2.36. The Hall–Kier alpha value is -2.24. The highest BCUT2D eigenvalue weighted by molar-refractivity contribution is 5.99. The summed E-state index contributed by atoms with van der Waals surface area (Å²) in [6, 6.07) is 5.32. The molecule has 6 heteroatoms. The number of rotatable bonds is 8. The number of ether oxygens (including phenoxy) is 2. The van der Waals surface area contributed by atoms with E-state index in [9.17, 15) is 9.59 Å². The van der Waals surface area contributed by atoms with Crippen LogP contribution in [0.2, 0.25) is 0 Å². The standard InChI is InChI=1S/C17H26N2O4/c1-6-12(2)19(13(3)20)11-10-18-17(21)16-14(22-4)8-7-9-15(16)23-5/h7-9,12H,6,10-11H2,1-5H3,(H,18,21).